The summed E-state index contributed by atoms with van der Waals surface area (Å²) in [6.07, 6.45) is 0.0257. The average molecular weight is 265 g/mol. The summed E-state index contributed by atoms with van der Waals surface area (Å²) in [5.74, 6) is -2.09. The molecule has 19 heavy (non-hydrogen) atoms. The SMILES string of the molecule is Cc1nc(C(=O)NC(C)CC(N)=O)ccc1C(=O)O. The van der Waals surface area contributed by atoms with Crippen molar-refractivity contribution in [1.29, 1.82) is 0 Å². The monoisotopic (exact) mass is 265 g/mol. The number of carboxylic acids is 1. The van der Waals surface area contributed by atoms with Gasteiger partial charge in [0.1, 0.15) is 5.69 Å². The van der Waals surface area contributed by atoms with Crippen molar-refractivity contribution in [3.8, 4) is 0 Å². The van der Waals surface area contributed by atoms with Crippen LogP contribution in [0.15, 0.2) is 12.1 Å². The molecule has 2 amide bonds. The van der Waals surface area contributed by atoms with E-state index in [1.54, 1.807) is 6.92 Å². The van der Waals surface area contributed by atoms with Crippen LogP contribution in [0.3, 0.4) is 0 Å². The highest BCUT2D eigenvalue weighted by Gasteiger charge is 2.15. The first kappa shape index (κ1) is 14.6. The molecule has 1 aromatic heterocycles. The smallest absolute Gasteiger partial charge is 0.337 e. The highest BCUT2D eigenvalue weighted by atomic mass is 16.4. The third-order valence-corrected chi connectivity index (χ3v) is 2.43. The zero-order valence-corrected chi connectivity index (χ0v) is 10.6. The predicted molar refractivity (Wildman–Crippen MR) is 66.7 cm³/mol. The second-order valence-corrected chi connectivity index (χ2v) is 4.18. The van der Waals surface area contributed by atoms with E-state index in [4.69, 9.17) is 10.8 Å². The number of carbonyl (C=O) groups excluding carboxylic acids is 2. The predicted octanol–water partition coefficient (Wildman–Crippen LogP) is 0.0819. The number of carbonyl (C=O) groups is 3. The van der Waals surface area contributed by atoms with Crippen molar-refractivity contribution in [3.05, 3.63) is 29.1 Å². The second-order valence-electron chi connectivity index (χ2n) is 4.18. The number of pyridine rings is 1. The van der Waals surface area contributed by atoms with E-state index in [1.807, 2.05) is 0 Å². The molecule has 0 spiro atoms. The summed E-state index contributed by atoms with van der Waals surface area (Å²) in [6.45, 7) is 3.15. The largest absolute Gasteiger partial charge is 0.478 e. The summed E-state index contributed by atoms with van der Waals surface area (Å²) in [7, 11) is 0. The van der Waals surface area contributed by atoms with Crippen molar-refractivity contribution in [1.82, 2.24) is 10.3 Å². The lowest BCUT2D eigenvalue weighted by atomic mass is 10.1. The number of hydrogen-bond donors (Lipinski definition) is 3. The molecule has 1 aromatic rings. The topological polar surface area (TPSA) is 122 Å². The van der Waals surface area contributed by atoms with Gasteiger partial charge < -0.3 is 16.2 Å². The Kier molecular flexibility index (Phi) is 4.57. The van der Waals surface area contributed by atoms with Crippen molar-refractivity contribution in [3.63, 3.8) is 0 Å². The molecule has 0 aliphatic rings. The van der Waals surface area contributed by atoms with Crippen LogP contribution in [-0.4, -0.2) is 33.9 Å². The summed E-state index contributed by atoms with van der Waals surface area (Å²) in [6, 6.07) is 2.23. The lowest BCUT2D eigenvalue weighted by molar-refractivity contribution is -0.118. The van der Waals surface area contributed by atoms with Crippen LogP contribution < -0.4 is 11.1 Å². The van der Waals surface area contributed by atoms with Gasteiger partial charge in [0.15, 0.2) is 0 Å². The number of aryl methyl sites for hydroxylation is 1. The Hall–Kier alpha value is -2.44. The molecular formula is C12H15N3O4. The van der Waals surface area contributed by atoms with Gasteiger partial charge in [0.2, 0.25) is 5.91 Å². The van der Waals surface area contributed by atoms with Gasteiger partial charge in [-0.1, -0.05) is 0 Å². The van der Waals surface area contributed by atoms with E-state index >= 15 is 0 Å². The number of amides is 2. The molecule has 1 heterocycles. The highest BCUT2D eigenvalue weighted by Crippen LogP contribution is 2.07. The molecule has 0 aliphatic carbocycles. The van der Waals surface area contributed by atoms with Crippen LogP contribution in [0.5, 0.6) is 0 Å². The quantitative estimate of drug-likeness (QED) is 0.696. The van der Waals surface area contributed by atoms with Crippen LogP contribution >= 0.6 is 0 Å². The zero-order chi connectivity index (χ0) is 14.6. The van der Waals surface area contributed by atoms with Crippen LogP contribution in [0.2, 0.25) is 0 Å². The minimum Gasteiger partial charge on any atom is -0.478 e. The second kappa shape index (κ2) is 5.94. The van der Waals surface area contributed by atoms with Crippen LogP contribution in [0.1, 0.15) is 39.9 Å². The number of aromatic carboxylic acids is 1. The third kappa shape index (κ3) is 4.06. The number of nitrogens with one attached hydrogen (secondary N) is 1. The van der Waals surface area contributed by atoms with Crippen molar-refractivity contribution in [2.75, 3.05) is 0 Å². The molecule has 0 aliphatic heterocycles. The molecule has 7 nitrogen and oxygen atoms in total. The molecular weight excluding hydrogens is 250 g/mol. The number of primary amides is 1. The maximum absolute atomic E-state index is 11.8. The molecule has 7 heteroatoms. The van der Waals surface area contributed by atoms with E-state index in [9.17, 15) is 14.4 Å². The maximum atomic E-state index is 11.8. The summed E-state index contributed by atoms with van der Waals surface area (Å²) in [5.41, 5.74) is 5.41. The Bertz CT molecular complexity index is 528. The van der Waals surface area contributed by atoms with Crippen LogP contribution in [0.25, 0.3) is 0 Å². The van der Waals surface area contributed by atoms with Crippen molar-refractivity contribution >= 4 is 17.8 Å². The Morgan fingerprint density at radius 1 is 1.42 bits per heavy atom. The Balaban J connectivity index is 2.81. The summed E-state index contributed by atoms with van der Waals surface area (Å²) in [4.78, 5) is 37.2. The van der Waals surface area contributed by atoms with Gasteiger partial charge in [0.05, 0.1) is 11.3 Å². The van der Waals surface area contributed by atoms with Gasteiger partial charge in [0.25, 0.3) is 5.91 Å². The van der Waals surface area contributed by atoms with Crippen molar-refractivity contribution in [2.24, 2.45) is 5.73 Å². The van der Waals surface area contributed by atoms with E-state index in [0.29, 0.717) is 0 Å². The average Bonchev–Trinajstić information content (AvgIpc) is 2.26. The van der Waals surface area contributed by atoms with Gasteiger partial charge in [0, 0.05) is 12.5 Å². The lowest BCUT2D eigenvalue weighted by Gasteiger charge is -2.12. The Morgan fingerprint density at radius 3 is 2.53 bits per heavy atom. The van der Waals surface area contributed by atoms with Crippen LogP contribution in [-0.2, 0) is 4.79 Å². The van der Waals surface area contributed by atoms with Gasteiger partial charge in [-0.25, -0.2) is 9.78 Å². The summed E-state index contributed by atoms with van der Waals surface area (Å²) in [5, 5.41) is 11.4. The molecule has 0 saturated carbocycles. The fourth-order valence-corrected chi connectivity index (χ4v) is 1.56. The molecule has 4 N–H and O–H groups in total. The fraction of sp³-hybridized carbons (Fsp3) is 0.333. The number of aromatic nitrogens is 1. The maximum Gasteiger partial charge on any atom is 0.337 e. The zero-order valence-electron chi connectivity index (χ0n) is 10.6. The van der Waals surface area contributed by atoms with Crippen molar-refractivity contribution in [2.45, 2.75) is 26.3 Å². The highest BCUT2D eigenvalue weighted by molar-refractivity contribution is 5.94. The Morgan fingerprint density at radius 2 is 2.05 bits per heavy atom. The number of nitrogens with two attached hydrogens (primary N) is 1. The first-order valence-corrected chi connectivity index (χ1v) is 5.61. The molecule has 0 saturated heterocycles. The minimum atomic E-state index is -1.10. The van der Waals surface area contributed by atoms with Gasteiger partial charge in [-0.15, -0.1) is 0 Å². The molecule has 1 unspecified atom stereocenters. The first-order valence-electron chi connectivity index (χ1n) is 5.61. The summed E-state index contributed by atoms with van der Waals surface area (Å²) >= 11 is 0. The third-order valence-electron chi connectivity index (χ3n) is 2.43. The van der Waals surface area contributed by atoms with E-state index < -0.39 is 23.8 Å². The van der Waals surface area contributed by atoms with Crippen LogP contribution in [0.4, 0.5) is 0 Å². The number of nitrogens with zero attached hydrogens (tertiary/aromatic N) is 1. The lowest BCUT2D eigenvalue weighted by Crippen LogP contribution is -2.36. The van der Waals surface area contributed by atoms with E-state index in [1.165, 1.54) is 19.1 Å². The number of hydrogen-bond acceptors (Lipinski definition) is 4. The summed E-state index contributed by atoms with van der Waals surface area (Å²) < 4.78 is 0. The van der Waals surface area contributed by atoms with Crippen LogP contribution in [0, 0.1) is 6.92 Å². The van der Waals surface area contributed by atoms with Gasteiger partial charge in [-0.3, -0.25) is 9.59 Å². The molecule has 1 rings (SSSR count). The molecule has 0 aromatic carbocycles. The van der Waals surface area contributed by atoms with Gasteiger partial charge >= 0.3 is 5.97 Å². The van der Waals surface area contributed by atoms with Gasteiger partial charge in [-0.2, -0.15) is 0 Å². The van der Waals surface area contributed by atoms with E-state index in [2.05, 4.69) is 10.3 Å². The molecule has 1 atom stereocenters. The van der Waals surface area contributed by atoms with E-state index in [0.717, 1.165) is 0 Å². The van der Waals surface area contributed by atoms with Crippen molar-refractivity contribution < 1.29 is 19.5 Å². The molecule has 0 fully saturated rings. The molecule has 0 radical (unpaired) electrons. The standard InChI is InChI=1S/C12H15N3O4/c1-6(5-10(13)16)14-11(17)9-4-3-8(12(18)19)7(2)15-9/h3-4,6H,5H2,1-2H3,(H2,13,16)(H,14,17)(H,18,19). The normalized spacial score (nSPS) is 11.7. The number of carboxylic acid groups (broad SMARTS) is 1. The first-order chi connectivity index (χ1) is 8.81. The molecule has 0 bridgehead atoms. The number of rotatable bonds is 5. The molecule has 102 valence electrons. The van der Waals surface area contributed by atoms with E-state index in [-0.39, 0.29) is 23.4 Å². The minimum absolute atomic E-state index is 0.0257. The Labute approximate surface area is 109 Å². The van der Waals surface area contributed by atoms with Gasteiger partial charge in [-0.05, 0) is 26.0 Å². The fourth-order valence-electron chi connectivity index (χ4n) is 1.56.